The minimum Gasteiger partial charge on any atom is -0.394 e. The largest absolute Gasteiger partial charge is 0.394 e. The summed E-state index contributed by atoms with van der Waals surface area (Å²) in [6.45, 7) is 2.58. The number of hydrogen-bond donors (Lipinski definition) is 4. The van der Waals surface area contributed by atoms with Gasteiger partial charge in [0, 0.05) is 6.20 Å². The van der Waals surface area contributed by atoms with Gasteiger partial charge in [-0.1, -0.05) is 6.07 Å². The van der Waals surface area contributed by atoms with Gasteiger partial charge in [0.15, 0.2) is 5.82 Å². The van der Waals surface area contributed by atoms with Crippen LogP contribution in [0, 0.1) is 0 Å². The zero-order chi connectivity index (χ0) is 12.1. The maximum absolute atomic E-state index is 8.63. The third-order valence-electron chi connectivity index (χ3n) is 2.55. The second-order valence-corrected chi connectivity index (χ2v) is 3.81. The summed E-state index contributed by atoms with van der Waals surface area (Å²) in [7, 11) is 0. The molecule has 0 unspecified atom stereocenters. The molecule has 0 bridgehead atoms. The molecule has 2 heterocycles. The van der Waals surface area contributed by atoms with Crippen LogP contribution in [0.4, 0.5) is 11.5 Å². The number of nitrogens with two attached hydrogens (primary N) is 2. The molecule has 0 saturated heterocycles. The number of fused-ring (bicyclic) bond motifs is 1. The van der Waals surface area contributed by atoms with Crippen molar-refractivity contribution in [2.24, 2.45) is 0 Å². The van der Waals surface area contributed by atoms with Crippen molar-refractivity contribution in [1.82, 2.24) is 9.61 Å². The van der Waals surface area contributed by atoms with Crippen LogP contribution in [0.15, 0.2) is 24.4 Å². The Morgan fingerprint density at radius 3 is 3.06 bits per heavy atom. The van der Waals surface area contributed by atoms with Crippen LogP contribution >= 0.6 is 0 Å². The molecule has 0 spiro atoms. The van der Waals surface area contributed by atoms with Crippen LogP contribution in [0.3, 0.4) is 0 Å². The molecular weight excluding hydrogens is 218 g/mol. The number of aliphatic hydroxyl groups excluding tert-OH is 1. The fraction of sp³-hybridized carbons (Fsp3) is 0.364. The third kappa shape index (κ3) is 2.66. The quantitative estimate of drug-likeness (QED) is 0.478. The molecule has 0 fully saturated rings. The predicted octanol–water partition coefficient (Wildman–Crippen LogP) is -1.12. The lowest BCUT2D eigenvalue weighted by atomic mass is 10.3. The van der Waals surface area contributed by atoms with Gasteiger partial charge in [0.2, 0.25) is 0 Å². The molecule has 6 N–H and O–H groups in total. The highest BCUT2D eigenvalue weighted by Crippen LogP contribution is 2.21. The number of nitrogens with one attached hydrogen (secondary N) is 1. The first-order valence-electron chi connectivity index (χ1n) is 5.72. The van der Waals surface area contributed by atoms with E-state index in [0.29, 0.717) is 11.5 Å². The minimum absolute atomic E-state index is 0.205. The van der Waals surface area contributed by atoms with Crippen molar-refractivity contribution in [3.8, 4) is 0 Å². The summed E-state index contributed by atoms with van der Waals surface area (Å²) in [5.74, 6) is 0.716. The van der Waals surface area contributed by atoms with E-state index in [9.17, 15) is 0 Å². The number of nitrogens with zero attached hydrogens (tertiary/aromatic N) is 2. The molecule has 0 atom stereocenters. The molecule has 6 heteroatoms. The standard InChI is InChI=1S/C11H17N5O/c12-10-9-3-1-2-7-16(9)15-11(10)14-5-4-13-6-8-17/h1-3,7,13,17H,4-6,8,12H2,(H,14,15)/p+1. The van der Waals surface area contributed by atoms with Crippen molar-refractivity contribution in [1.29, 1.82) is 0 Å². The smallest absolute Gasteiger partial charge is 0.172 e. The molecule has 0 saturated carbocycles. The minimum atomic E-state index is 0.205. The zero-order valence-electron chi connectivity index (χ0n) is 9.63. The van der Waals surface area contributed by atoms with Crippen molar-refractivity contribution < 1.29 is 10.4 Å². The van der Waals surface area contributed by atoms with Gasteiger partial charge in [0.25, 0.3) is 0 Å². The number of pyridine rings is 1. The van der Waals surface area contributed by atoms with E-state index >= 15 is 0 Å². The molecule has 0 aliphatic carbocycles. The molecule has 0 aromatic carbocycles. The summed E-state index contributed by atoms with van der Waals surface area (Å²) in [5.41, 5.74) is 7.57. The van der Waals surface area contributed by atoms with E-state index in [4.69, 9.17) is 10.8 Å². The molecule has 0 amide bonds. The van der Waals surface area contributed by atoms with E-state index in [1.807, 2.05) is 29.7 Å². The molecule has 2 rings (SSSR count). The Labute approximate surface area is 99.4 Å². The van der Waals surface area contributed by atoms with Gasteiger partial charge in [-0.25, -0.2) is 4.52 Å². The molecule has 0 aliphatic rings. The molecule has 17 heavy (non-hydrogen) atoms. The van der Waals surface area contributed by atoms with Crippen molar-refractivity contribution in [3.05, 3.63) is 24.4 Å². The SMILES string of the molecule is Nc1c(NCC[NH2+]CCO)nn2ccccc12. The number of aliphatic hydroxyl groups is 1. The van der Waals surface area contributed by atoms with Crippen LogP contribution in [-0.2, 0) is 0 Å². The van der Waals surface area contributed by atoms with Crippen LogP contribution in [0.5, 0.6) is 0 Å². The van der Waals surface area contributed by atoms with Gasteiger partial charge in [-0.3, -0.25) is 0 Å². The molecular formula is C11H18N5O+. The summed E-state index contributed by atoms with van der Waals surface area (Å²) in [4.78, 5) is 0. The Kier molecular flexibility index (Phi) is 3.79. The summed E-state index contributed by atoms with van der Waals surface area (Å²) in [5, 5.41) is 18.2. The summed E-state index contributed by atoms with van der Waals surface area (Å²) in [6, 6.07) is 5.79. The van der Waals surface area contributed by atoms with E-state index in [1.54, 1.807) is 4.52 Å². The maximum Gasteiger partial charge on any atom is 0.172 e. The van der Waals surface area contributed by atoms with Crippen LogP contribution in [0.2, 0.25) is 0 Å². The van der Waals surface area contributed by atoms with Crippen LogP contribution in [0.1, 0.15) is 0 Å². The first-order chi connectivity index (χ1) is 8.33. The maximum atomic E-state index is 8.63. The van der Waals surface area contributed by atoms with Gasteiger partial charge in [-0.15, -0.1) is 5.10 Å². The monoisotopic (exact) mass is 236 g/mol. The highest BCUT2D eigenvalue weighted by molar-refractivity contribution is 5.80. The summed E-state index contributed by atoms with van der Waals surface area (Å²) >= 11 is 0. The number of rotatable bonds is 6. The Morgan fingerprint density at radius 1 is 1.41 bits per heavy atom. The highest BCUT2D eigenvalue weighted by atomic mass is 16.3. The van der Waals surface area contributed by atoms with Crippen molar-refractivity contribution in [3.63, 3.8) is 0 Å². The normalized spacial score (nSPS) is 10.9. The molecule has 0 radical (unpaired) electrons. The number of nitrogen functional groups attached to an aromatic ring is 1. The van der Waals surface area contributed by atoms with Crippen molar-refractivity contribution >= 4 is 17.0 Å². The van der Waals surface area contributed by atoms with E-state index in [0.717, 1.165) is 25.2 Å². The first-order valence-corrected chi connectivity index (χ1v) is 5.72. The van der Waals surface area contributed by atoms with Gasteiger partial charge >= 0.3 is 0 Å². The number of hydrogen-bond acceptors (Lipinski definition) is 4. The van der Waals surface area contributed by atoms with E-state index in [-0.39, 0.29) is 6.61 Å². The summed E-state index contributed by atoms with van der Waals surface area (Å²) < 4.78 is 1.76. The fourth-order valence-corrected chi connectivity index (χ4v) is 1.68. The lowest BCUT2D eigenvalue weighted by Crippen LogP contribution is -2.86. The molecule has 2 aromatic heterocycles. The van der Waals surface area contributed by atoms with Crippen LogP contribution in [-0.4, -0.2) is 41.0 Å². The van der Waals surface area contributed by atoms with Gasteiger partial charge < -0.3 is 21.5 Å². The molecule has 92 valence electrons. The first kappa shape index (κ1) is 11.7. The van der Waals surface area contributed by atoms with E-state index in [2.05, 4.69) is 10.4 Å². The number of quaternary nitrogens is 1. The van der Waals surface area contributed by atoms with Gasteiger partial charge in [-0.05, 0) is 12.1 Å². The van der Waals surface area contributed by atoms with Crippen molar-refractivity contribution in [2.75, 3.05) is 37.3 Å². The van der Waals surface area contributed by atoms with Crippen molar-refractivity contribution in [2.45, 2.75) is 0 Å². The zero-order valence-corrected chi connectivity index (χ0v) is 9.63. The van der Waals surface area contributed by atoms with E-state index in [1.165, 1.54) is 0 Å². The van der Waals surface area contributed by atoms with Crippen LogP contribution < -0.4 is 16.4 Å². The number of aromatic nitrogens is 2. The lowest BCUT2D eigenvalue weighted by molar-refractivity contribution is -0.653. The fourth-order valence-electron chi connectivity index (χ4n) is 1.68. The highest BCUT2D eigenvalue weighted by Gasteiger charge is 2.07. The molecule has 2 aromatic rings. The Balaban J connectivity index is 1.97. The predicted molar refractivity (Wildman–Crippen MR) is 66.8 cm³/mol. The van der Waals surface area contributed by atoms with Gasteiger partial charge in [0.1, 0.15) is 5.69 Å². The molecule has 6 nitrogen and oxygen atoms in total. The Bertz CT molecular complexity index is 482. The average Bonchev–Trinajstić information content (AvgIpc) is 2.67. The Morgan fingerprint density at radius 2 is 2.29 bits per heavy atom. The van der Waals surface area contributed by atoms with Gasteiger partial charge in [-0.2, -0.15) is 0 Å². The third-order valence-corrected chi connectivity index (χ3v) is 2.55. The number of anilines is 2. The van der Waals surface area contributed by atoms with Gasteiger partial charge in [0.05, 0.1) is 31.8 Å². The summed E-state index contributed by atoms with van der Waals surface area (Å²) in [6.07, 6.45) is 1.87. The topological polar surface area (TPSA) is 92.2 Å². The second-order valence-electron chi connectivity index (χ2n) is 3.81. The average molecular weight is 236 g/mol. The van der Waals surface area contributed by atoms with Crippen LogP contribution in [0.25, 0.3) is 5.52 Å². The Hall–Kier alpha value is -1.79. The second kappa shape index (κ2) is 5.51. The molecule has 0 aliphatic heterocycles. The lowest BCUT2D eigenvalue weighted by Gasteiger charge is -2.02. The van der Waals surface area contributed by atoms with E-state index < -0.39 is 0 Å².